The van der Waals surface area contributed by atoms with Gasteiger partial charge in [0, 0.05) is 19.6 Å². The minimum atomic E-state index is -3.25. The summed E-state index contributed by atoms with van der Waals surface area (Å²) in [7, 11) is -3.25. The number of rotatable bonds is 7. The van der Waals surface area contributed by atoms with Crippen LogP contribution < -0.4 is 5.32 Å². The quantitative estimate of drug-likeness (QED) is 0.778. The average Bonchev–Trinajstić information content (AvgIpc) is 2.17. The molecular weight excluding hydrogens is 280 g/mol. The fraction of sp³-hybridized carbons (Fsp3) is 0.923. The monoisotopic (exact) mass is 308 g/mol. The van der Waals surface area contributed by atoms with E-state index in [1.165, 1.54) is 10.6 Å². The van der Waals surface area contributed by atoms with Crippen LogP contribution >= 0.6 is 0 Å². The molecule has 0 saturated carbocycles. The Morgan fingerprint density at radius 1 is 1.25 bits per heavy atom. The molecule has 0 spiro atoms. The fourth-order valence-electron chi connectivity index (χ4n) is 1.44. The zero-order valence-corrected chi connectivity index (χ0v) is 14.2. The summed E-state index contributed by atoms with van der Waals surface area (Å²) in [4.78, 5) is 11.5. The summed E-state index contributed by atoms with van der Waals surface area (Å²) in [6.07, 6.45) is 1.44. The lowest BCUT2D eigenvalue weighted by Gasteiger charge is -2.22. The first-order valence-corrected chi connectivity index (χ1v) is 8.68. The van der Waals surface area contributed by atoms with Crippen molar-refractivity contribution in [2.24, 2.45) is 5.92 Å². The highest BCUT2D eigenvalue weighted by Crippen LogP contribution is 2.07. The van der Waals surface area contributed by atoms with Gasteiger partial charge in [0.1, 0.15) is 5.60 Å². The SMILES string of the molecule is CC(C)CCN(CCNC(=O)OC(C)(C)C)S(C)(=O)=O. The van der Waals surface area contributed by atoms with Gasteiger partial charge in [-0.1, -0.05) is 13.8 Å². The van der Waals surface area contributed by atoms with Gasteiger partial charge >= 0.3 is 6.09 Å². The van der Waals surface area contributed by atoms with Crippen molar-refractivity contribution in [3.8, 4) is 0 Å². The summed E-state index contributed by atoms with van der Waals surface area (Å²) >= 11 is 0. The van der Waals surface area contributed by atoms with Crippen LogP contribution in [0.25, 0.3) is 0 Å². The molecule has 1 amide bonds. The van der Waals surface area contributed by atoms with Crippen molar-refractivity contribution >= 4 is 16.1 Å². The van der Waals surface area contributed by atoms with Gasteiger partial charge in [-0.3, -0.25) is 0 Å². The standard InChI is InChI=1S/C13H28N2O4S/c1-11(2)7-9-15(20(6,17)18)10-8-14-12(16)19-13(3,4)5/h11H,7-10H2,1-6H3,(H,14,16). The zero-order chi connectivity index (χ0) is 16.0. The van der Waals surface area contributed by atoms with Crippen molar-refractivity contribution in [3.63, 3.8) is 0 Å². The lowest BCUT2D eigenvalue weighted by Crippen LogP contribution is -2.40. The van der Waals surface area contributed by atoms with Crippen molar-refractivity contribution < 1.29 is 17.9 Å². The molecule has 0 aromatic heterocycles. The van der Waals surface area contributed by atoms with E-state index in [1.54, 1.807) is 20.8 Å². The van der Waals surface area contributed by atoms with E-state index in [1.807, 2.05) is 13.8 Å². The Labute approximate surface area is 122 Å². The van der Waals surface area contributed by atoms with Crippen LogP contribution in [0.4, 0.5) is 4.79 Å². The molecule has 0 rings (SSSR count). The number of sulfonamides is 1. The molecule has 20 heavy (non-hydrogen) atoms. The topological polar surface area (TPSA) is 75.7 Å². The maximum Gasteiger partial charge on any atom is 0.407 e. The number of nitrogens with zero attached hydrogens (tertiary/aromatic N) is 1. The number of carbonyl (C=O) groups excluding carboxylic acids is 1. The third kappa shape index (κ3) is 10.0. The molecule has 0 radical (unpaired) electrons. The number of ether oxygens (including phenoxy) is 1. The first-order valence-electron chi connectivity index (χ1n) is 6.84. The van der Waals surface area contributed by atoms with Crippen LogP contribution in [0.1, 0.15) is 41.0 Å². The smallest absolute Gasteiger partial charge is 0.407 e. The number of amides is 1. The molecule has 0 fully saturated rings. The summed E-state index contributed by atoms with van der Waals surface area (Å²) in [5.74, 6) is 0.429. The molecule has 0 aromatic rings. The first kappa shape index (κ1) is 19.2. The lowest BCUT2D eigenvalue weighted by molar-refractivity contribution is 0.0525. The number of nitrogens with one attached hydrogen (secondary N) is 1. The number of hydrogen-bond acceptors (Lipinski definition) is 4. The maximum atomic E-state index is 11.6. The Balaban J connectivity index is 4.25. The van der Waals surface area contributed by atoms with Crippen molar-refractivity contribution in [1.29, 1.82) is 0 Å². The zero-order valence-electron chi connectivity index (χ0n) is 13.4. The average molecular weight is 308 g/mol. The molecule has 0 atom stereocenters. The van der Waals surface area contributed by atoms with E-state index in [4.69, 9.17) is 4.74 Å². The van der Waals surface area contributed by atoms with E-state index in [0.717, 1.165) is 6.42 Å². The summed E-state index contributed by atoms with van der Waals surface area (Å²) in [6, 6.07) is 0. The van der Waals surface area contributed by atoms with E-state index in [9.17, 15) is 13.2 Å². The van der Waals surface area contributed by atoms with Gasteiger partial charge in [0.05, 0.1) is 6.26 Å². The molecule has 0 bridgehead atoms. The van der Waals surface area contributed by atoms with Crippen LogP contribution in [0.5, 0.6) is 0 Å². The maximum absolute atomic E-state index is 11.6. The predicted molar refractivity (Wildman–Crippen MR) is 80.1 cm³/mol. The molecule has 0 saturated heterocycles. The van der Waals surface area contributed by atoms with Gasteiger partial charge < -0.3 is 10.1 Å². The van der Waals surface area contributed by atoms with Crippen LogP contribution in [0, 0.1) is 5.92 Å². The van der Waals surface area contributed by atoms with Crippen molar-refractivity contribution in [2.45, 2.75) is 46.6 Å². The van der Waals surface area contributed by atoms with E-state index in [2.05, 4.69) is 5.32 Å². The van der Waals surface area contributed by atoms with Crippen molar-refractivity contribution in [2.75, 3.05) is 25.9 Å². The molecule has 6 nitrogen and oxygen atoms in total. The Morgan fingerprint density at radius 2 is 1.80 bits per heavy atom. The van der Waals surface area contributed by atoms with Gasteiger partial charge in [0.15, 0.2) is 0 Å². The highest BCUT2D eigenvalue weighted by Gasteiger charge is 2.18. The van der Waals surface area contributed by atoms with Crippen LogP contribution in [0.15, 0.2) is 0 Å². The largest absolute Gasteiger partial charge is 0.444 e. The molecule has 0 aliphatic rings. The summed E-state index contributed by atoms with van der Waals surface area (Å²) in [6.45, 7) is 10.4. The summed E-state index contributed by atoms with van der Waals surface area (Å²) in [5.41, 5.74) is -0.557. The molecule has 0 heterocycles. The van der Waals surface area contributed by atoms with Gasteiger partial charge in [-0.05, 0) is 33.1 Å². The Hall–Kier alpha value is -0.820. The molecule has 0 aliphatic heterocycles. The first-order chi connectivity index (χ1) is 8.92. The second-order valence-electron chi connectivity index (χ2n) is 6.27. The highest BCUT2D eigenvalue weighted by molar-refractivity contribution is 7.88. The van der Waals surface area contributed by atoms with Gasteiger partial charge in [-0.2, -0.15) is 0 Å². The molecule has 0 unspecified atom stereocenters. The highest BCUT2D eigenvalue weighted by atomic mass is 32.2. The van der Waals surface area contributed by atoms with Gasteiger partial charge in [0.2, 0.25) is 10.0 Å². The predicted octanol–water partition coefficient (Wildman–Crippen LogP) is 1.82. The Kier molecular flexibility index (Phi) is 7.51. The minimum absolute atomic E-state index is 0.236. The second-order valence-corrected chi connectivity index (χ2v) is 8.26. The lowest BCUT2D eigenvalue weighted by atomic mass is 10.1. The van der Waals surface area contributed by atoms with Crippen LogP contribution in [-0.4, -0.2) is 50.3 Å². The molecule has 1 N–H and O–H groups in total. The van der Waals surface area contributed by atoms with Gasteiger partial charge in [0.25, 0.3) is 0 Å². The number of hydrogen-bond donors (Lipinski definition) is 1. The van der Waals surface area contributed by atoms with E-state index < -0.39 is 21.7 Å². The molecule has 120 valence electrons. The third-order valence-electron chi connectivity index (χ3n) is 2.45. The molecule has 0 aliphatic carbocycles. The van der Waals surface area contributed by atoms with Crippen molar-refractivity contribution in [1.82, 2.24) is 9.62 Å². The summed E-state index contributed by atoms with van der Waals surface area (Å²) in [5, 5.41) is 2.56. The number of carbonyl (C=O) groups is 1. The normalized spacial score (nSPS) is 12.8. The Morgan fingerprint density at radius 3 is 2.20 bits per heavy atom. The van der Waals surface area contributed by atoms with E-state index in [-0.39, 0.29) is 13.1 Å². The van der Waals surface area contributed by atoms with Gasteiger partial charge in [-0.25, -0.2) is 17.5 Å². The number of alkyl carbamates (subject to hydrolysis) is 1. The molecule has 7 heteroatoms. The van der Waals surface area contributed by atoms with Gasteiger partial charge in [-0.15, -0.1) is 0 Å². The van der Waals surface area contributed by atoms with Crippen LogP contribution in [0.2, 0.25) is 0 Å². The summed E-state index contributed by atoms with van der Waals surface area (Å²) < 4.78 is 29.7. The van der Waals surface area contributed by atoms with Crippen LogP contribution in [0.3, 0.4) is 0 Å². The molecule has 0 aromatic carbocycles. The third-order valence-corrected chi connectivity index (χ3v) is 3.76. The minimum Gasteiger partial charge on any atom is -0.444 e. The Bertz CT molecular complexity index is 399. The van der Waals surface area contributed by atoms with E-state index in [0.29, 0.717) is 12.5 Å². The fourth-order valence-corrected chi connectivity index (χ4v) is 2.30. The van der Waals surface area contributed by atoms with Crippen LogP contribution in [-0.2, 0) is 14.8 Å². The second kappa shape index (κ2) is 7.83. The molecular formula is C13H28N2O4S. The van der Waals surface area contributed by atoms with E-state index >= 15 is 0 Å². The van der Waals surface area contributed by atoms with Crippen molar-refractivity contribution in [3.05, 3.63) is 0 Å².